The van der Waals surface area contributed by atoms with Crippen LogP contribution in [-0.4, -0.2) is 5.11 Å². The van der Waals surface area contributed by atoms with E-state index >= 15 is 0 Å². The number of aliphatic hydroxyl groups excluding tert-OH is 1. The van der Waals surface area contributed by atoms with Crippen LogP contribution in [0.3, 0.4) is 0 Å². The molecule has 6 heteroatoms. The molecule has 15 heavy (non-hydrogen) atoms. The van der Waals surface area contributed by atoms with Crippen LogP contribution in [0.25, 0.3) is 0 Å². The molecule has 0 bridgehead atoms. The summed E-state index contributed by atoms with van der Waals surface area (Å²) >= 11 is 14.6. The van der Waals surface area contributed by atoms with Crippen LogP contribution in [-0.2, 0) is 0 Å². The zero-order valence-electron chi connectivity index (χ0n) is 7.21. The fourth-order valence-electron chi connectivity index (χ4n) is 1.13. The number of halogens is 3. The molecule has 0 fully saturated rings. The molecule has 0 aliphatic heterocycles. The van der Waals surface area contributed by atoms with Crippen molar-refractivity contribution in [1.82, 2.24) is 0 Å². The molecule has 0 saturated heterocycles. The van der Waals surface area contributed by atoms with Gasteiger partial charge >= 0.3 is 0 Å². The van der Waals surface area contributed by atoms with Crippen molar-refractivity contribution in [3.63, 3.8) is 0 Å². The maximum atomic E-state index is 10.1. The second-order valence-corrected chi connectivity index (χ2v) is 8.47. The third-order valence-corrected chi connectivity index (χ3v) is 6.17. The highest BCUT2D eigenvalue weighted by atomic mass is 127. The molecule has 0 radical (unpaired) electrons. The summed E-state index contributed by atoms with van der Waals surface area (Å²) in [5, 5.41) is 12.7. The minimum atomic E-state index is -0.571. The molecule has 80 valence electrons. The van der Waals surface area contributed by atoms with E-state index in [1.165, 1.54) is 14.2 Å². The third kappa shape index (κ3) is 2.76. The smallest absolute Gasteiger partial charge is 0.114 e. The lowest BCUT2D eigenvalue weighted by atomic mass is 10.2. The van der Waals surface area contributed by atoms with Crippen molar-refractivity contribution in [3.8, 4) is 0 Å². The first-order chi connectivity index (χ1) is 7.08. The number of aliphatic hydroxyl groups is 1. The van der Waals surface area contributed by atoms with Gasteiger partial charge < -0.3 is 5.11 Å². The van der Waals surface area contributed by atoms with Crippen LogP contribution < -0.4 is 0 Å². The molecule has 1 atom stereocenters. The van der Waals surface area contributed by atoms with Crippen LogP contribution >= 0.6 is 72.8 Å². The summed E-state index contributed by atoms with van der Waals surface area (Å²) in [4.78, 5) is 0.862. The SMILES string of the molecule is OC(c1csc(I)c1)c1cc(Cl)c(Br)s1. The molecule has 0 spiro atoms. The highest BCUT2D eigenvalue weighted by Gasteiger charge is 2.16. The van der Waals surface area contributed by atoms with Crippen molar-refractivity contribution < 1.29 is 5.11 Å². The summed E-state index contributed by atoms with van der Waals surface area (Å²) in [7, 11) is 0. The molecule has 1 N–H and O–H groups in total. The molecule has 0 aromatic carbocycles. The van der Waals surface area contributed by atoms with Crippen LogP contribution in [0.15, 0.2) is 21.3 Å². The van der Waals surface area contributed by atoms with E-state index in [0.717, 1.165) is 14.2 Å². The lowest BCUT2D eigenvalue weighted by Crippen LogP contribution is -1.93. The average molecular weight is 436 g/mol. The number of rotatable bonds is 2. The molecular weight excluding hydrogens is 430 g/mol. The van der Waals surface area contributed by atoms with E-state index in [1.807, 2.05) is 11.4 Å². The second-order valence-electron chi connectivity index (χ2n) is 2.86. The number of hydrogen-bond donors (Lipinski definition) is 1. The van der Waals surface area contributed by atoms with Crippen LogP contribution in [0.5, 0.6) is 0 Å². The Kier molecular flexibility index (Phi) is 4.12. The lowest BCUT2D eigenvalue weighted by molar-refractivity contribution is 0.224. The molecular formula is C9H5BrClIOS2. The Bertz CT molecular complexity index is 463. The van der Waals surface area contributed by atoms with E-state index in [4.69, 9.17) is 11.6 Å². The van der Waals surface area contributed by atoms with Crippen molar-refractivity contribution in [2.75, 3.05) is 0 Å². The Morgan fingerprint density at radius 3 is 2.67 bits per heavy atom. The monoisotopic (exact) mass is 434 g/mol. The fraction of sp³-hybridized carbons (Fsp3) is 0.111. The van der Waals surface area contributed by atoms with Gasteiger partial charge in [0.25, 0.3) is 0 Å². The number of thiophene rings is 2. The van der Waals surface area contributed by atoms with E-state index in [1.54, 1.807) is 17.4 Å². The summed E-state index contributed by atoms with van der Waals surface area (Å²) in [6.45, 7) is 0. The van der Waals surface area contributed by atoms with E-state index in [9.17, 15) is 5.11 Å². The first kappa shape index (κ1) is 12.3. The molecule has 0 aliphatic carbocycles. The van der Waals surface area contributed by atoms with Gasteiger partial charge in [-0.15, -0.1) is 22.7 Å². The first-order valence-corrected chi connectivity index (χ1v) is 7.89. The molecule has 0 saturated carbocycles. The average Bonchev–Trinajstić information content (AvgIpc) is 2.74. The summed E-state index contributed by atoms with van der Waals surface area (Å²) in [5.41, 5.74) is 0.926. The Morgan fingerprint density at radius 2 is 2.20 bits per heavy atom. The van der Waals surface area contributed by atoms with Crippen LogP contribution in [0.4, 0.5) is 0 Å². The predicted molar refractivity (Wildman–Crippen MR) is 78.1 cm³/mol. The van der Waals surface area contributed by atoms with Crippen molar-refractivity contribution in [2.45, 2.75) is 6.10 Å². The van der Waals surface area contributed by atoms with E-state index in [2.05, 4.69) is 38.5 Å². The van der Waals surface area contributed by atoms with Crippen molar-refractivity contribution in [1.29, 1.82) is 0 Å². The molecule has 0 amide bonds. The number of hydrogen-bond acceptors (Lipinski definition) is 3. The van der Waals surface area contributed by atoms with Gasteiger partial charge in [0.15, 0.2) is 0 Å². The lowest BCUT2D eigenvalue weighted by Gasteiger charge is -2.04. The molecule has 1 nitrogen and oxygen atoms in total. The van der Waals surface area contributed by atoms with E-state index in [0.29, 0.717) is 5.02 Å². The summed E-state index contributed by atoms with van der Waals surface area (Å²) in [6, 6.07) is 3.78. The van der Waals surface area contributed by atoms with Crippen LogP contribution in [0.1, 0.15) is 16.5 Å². The minimum Gasteiger partial charge on any atom is -0.383 e. The first-order valence-electron chi connectivity index (χ1n) is 3.94. The fourth-order valence-corrected chi connectivity index (χ4v) is 4.28. The van der Waals surface area contributed by atoms with Gasteiger partial charge in [-0.1, -0.05) is 11.6 Å². The quantitative estimate of drug-likeness (QED) is 0.665. The van der Waals surface area contributed by atoms with Gasteiger partial charge in [0.1, 0.15) is 6.10 Å². The van der Waals surface area contributed by atoms with Gasteiger partial charge in [-0.05, 0) is 61.6 Å². The summed E-state index contributed by atoms with van der Waals surface area (Å²) in [5.74, 6) is 0. The predicted octanol–water partition coefficient (Wildman–Crippen LogP) is 4.91. The molecule has 0 aliphatic rings. The molecule has 2 heterocycles. The van der Waals surface area contributed by atoms with Gasteiger partial charge in [0.2, 0.25) is 0 Å². The minimum absolute atomic E-state index is 0.571. The van der Waals surface area contributed by atoms with Crippen molar-refractivity contribution in [3.05, 3.63) is 39.6 Å². The molecule has 2 rings (SSSR count). The Hall–Kier alpha value is 0.860. The Balaban J connectivity index is 2.31. The normalized spacial score (nSPS) is 13.1. The van der Waals surface area contributed by atoms with Gasteiger partial charge in [0, 0.05) is 4.88 Å². The molecule has 1 unspecified atom stereocenters. The highest BCUT2D eigenvalue weighted by Crippen LogP contribution is 2.38. The maximum absolute atomic E-state index is 10.1. The van der Waals surface area contributed by atoms with Crippen LogP contribution in [0, 0.1) is 2.88 Å². The highest BCUT2D eigenvalue weighted by molar-refractivity contribution is 14.1. The zero-order chi connectivity index (χ0) is 11.0. The molecule has 2 aromatic rings. The summed E-state index contributed by atoms with van der Waals surface area (Å²) in [6.07, 6.45) is -0.571. The largest absolute Gasteiger partial charge is 0.383 e. The topological polar surface area (TPSA) is 20.2 Å². The van der Waals surface area contributed by atoms with Gasteiger partial charge in [0.05, 0.1) is 11.7 Å². The second kappa shape index (κ2) is 5.01. The van der Waals surface area contributed by atoms with Gasteiger partial charge in [-0.25, -0.2) is 0 Å². The van der Waals surface area contributed by atoms with Crippen molar-refractivity contribution >= 4 is 72.8 Å². The zero-order valence-corrected chi connectivity index (χ0v) is 13.3. The van der Waals surface area contributed by atoms with Crippen LogP contribution in [0.2, 0.25) is 5.02 Å². The maximum Gasteiger partial charge on any atom is 0.114 e. The summed E-state index contributed by atoms with van der Waals surface area (Å²) < 4.78 is 2.03. The van der Waals surface area contributed by atoms with Gasteiger partial charge in [-0.2, -0.15) is 0 Å². The third-order valence-electron chi connectivity index (χ3n) is 1.84. The van der Waals surface area contributed by atoms with Gasteiger partial charge in [-0.3, -0.25) is 0 Å². The Labute approximate surface area is 122 Å². The van der Waals surface area contributed by atoms with Crippen molar-refractivity contribution in [2.24, 2.45) is 0 Å². The Morgan fingerprint density at radius 1 is 1.47 bits per heavy atom. The van der Waals surface area contributed by atoms with E-state index in [-0.39, 0.29) is 0 Å². The molecule has 2 aromatic heterocycles. The standard InChI is InChI=1S/C9H5BrClIOS2/c10-9-5(11)2-6(15-9)8(13)4-1-7(12)14-3-4/h1-3,8,13H. The van der Waals surface area contributed by atoms with E-state index < -0.39 is 6.10 Å².